The summed E-state index contributed by atoms with van der Waals surface area (Å²) in [6, 6.07) is 3.34. The minimum Gasteiger partial charge on any atom is -0.453 e. The molecule has 1 amide bonds. The second-order valence-electron chi connectivity index (χ2n) is 4.03. The summed E-state index contributed by atoms with van der Waals surface area (Å²) in [4.78, 5) is 11.7. The zero-order valence-electron chi connectivity index (χ0n) is 10.2. The van der Waals surface area contributed by atoms with Crippen molar-refractivity contribution in [2.75, 3.05) is 20.3 Å². The third-order valence-electron chi connectivity index (χ3n) is 2.41. The van der Waals surface area contributed by atoms with Gasteiger partial charge in [0.1, 0.15) is 12.4 Å². The Morgan fingerprint density at radius 3 is 3.00 bits per heavy atom. The van der Waals surface area contributed by atoms with Crippen LogP contribution in [0.2, 0.25) is 0 Å². The highest BCUT2D eigenvalue weighted by Gasteiger charge is 2.11. The van der Waals surface area contributed by atoms with Gasteiger partial charge >= 0.3 is 0 Å². The summed E-state index contributed by atoms with van der Waals surface area (Å²) < 4.78 is 10.2. The van der Waals surface area contributed by atoms with E-state index in [1.165, 1.54) is 0 Å². The summed E-state index contributed by atoms with van der Waals surface area (Å²) >= 11 is 0. The van der Waals surface area contributed by atoms with E-state index in [-0.39, 0.29) is 24.2 Å². The van der Waals surface area contributed by atoms with E-state index >= 15 is 0 Å². The summed E-state index contributed by atoms with van der Waals surface area (Å²) in [5.41, 5.74) is 0. The maximum atomic E-state index is 11.7. The summed E-state index contributed by atoms with van der Waals surface area (Å²) in [6.45, 7) is 2.98. The van der Waals surface area contributed by atoms with Gasteiger partial charge in [-0.1, -0.05) is 6.92 Å². The minimum absolute atomic E-state index is 0.135. The molecule has 1 heterocycles. The molecule has 0 radical (unpaired) electrons. The molecule has 0 saturated heterocycles. The number of carbonyl (C=O) groups is 1. The van der Waals surface area contributed by atoms with Gasteiger partial charge in [0.25, 0.3) is 5.91 Å². The quantitative estimate of drug-likeness (QED) is 0.751. The van der Waals surface area contributed by atoms with Gasteiger partial charge in [0.15, 0.2) is 5.76 Å². The highest BCUT2D eigenvalue weighted by molar-refractivity contribution is 5.91. The molecule has 1 atom stereocenters. The number of hydrogen-bond acceptors (Lipinski definition) is 4. The maximum absolute atomic E-state index is 11.7. The Bertz CT molecular complexity index is 348. The van der Waals surface area contributed by atoms with E-state index in [1.807, 2.05) is 6.92 Å². The van der Waals surface area contributed by atoms with E-state index in [1.54, 1.807) is 19.2 Å². The van der Waals surface area contributed by atoms with Gasteiger partial charge in [-0.05, 0) is 24.5 Å². The smallest absolute Gasteiger partial charge is 0.287 e. The molecule has 1 unspecified atom stereocenters. The fraction of sp³-hybridized carbons (Fsp3) is 0.583. The van der Waals surface area contributed by atoms with Crippen molar-refractivity contribution >= 4 is 5.91 Å². The van der Waals surface area contributed by atoms with E-state index in [2.05, 4.69) is 5.32 Å². The van der Waals surface area contributed by atoms with Gasteiger partial charge in [-0.2, -0.15) is 0 Å². The van der Waals surface area contributed by atoms with Gasteiger partial charge in [-0.25, -0.2) is 0 Å². The molecule has 96 valence electrons. The van der Waals surface area contributed by atoms with Crippen LogP contribution in [0.15, 0.2) is 16.5 Å². The molecular formula is C12H19NO4. The normalized spacial score (nSPS) is 12.4. The maximum Gasteiger partial charge on any atom is 0.287 e. The van der Waals surface area contributed by atoms with Crippen LogP contribution in [0.4, 0.5) is 0 Å². The molecule has 0 aromatic carbocycles. The molecule has 1 aromatic heterocycles. The molecule has 2 N–H and O–H groups in total. The van der Waals surface area contributed by atoms with E-state index < -0.39 is 0 Å². The van der Waals surface area contributed by atoms with E-state index in [9.17, 15) is 4.79 Å². The first-order valence-electron chi connectivity index (χ1n) is 5.64. The number of methoxy groups -OCH3 is 1. The number of hydrogen-bond donors (Lipinski definition) is 2. The molecule has 0 fully saturated rings. The van der Waals surface area contributed by atoms with E-state index in [0.717, 1.165) is 0 Å². The van der Waals surface area contributed by atoms with Crippen LogP contribution < -0.4 is 5.32 Å². The zero-order valence-corrected chi connectivity index (χ0v) is 10.2. The molecule has 0 aliphatic rings. The predicted molar refractivity (Wildman–Crippen MR) is 62.6 cm³/mol. The first-order chi connectivity index (χ1) is 8.17. The Balaban J connectivity index is 2.40. The number of aliphatic hydroxyl groups is 1. The Labute approximate surface area is 101 Å². The highest BCUT2D eigenvalue weighted by atomic mass is 16.5. The Hall–Kier alpha value is -1.33. The lowest BCUT2D eigenvalue weighted by Crippen LogP contribution is -2.28. The number of amides is 1. The Morgan fingerprint density at radius 1 is 1.59 bits per heavy atom. The molecule has 5 heteroatoms. The van der Waals surface area contributed by atoms with Gasteiger partial charge in [-0.3, -0.25) is 4.79 Å². The van der Waals surface area contributed by atoms with Crippen molar-refractivity contribution < 1.29 is 19.1 Å². The number of aliphatic hydroxyl groups excluding tert-OH is 1. The average Bonchev–Trinajstić information content (AvgIpc) is 2.75. The van der Waals surface area contributed by atoms with Crippen molar-refractivity contribution in [3.63, 3.8) is 0 Å². The van der Waals surface area contributed by atoms with Crippen LogP contribution in [0.25, 0.3) is 0 Å². The molecule has 1 rings (SSSR count). The Kier molecular flexibility index (Phi) is 5.72. The Morgan fingerprint density at radius 2 is 2.35 bits per heavy atom. The van der Waals surface area contributed by atoms with Crippen LogP contribution in [0, 0.1) is 5.92 Å². The fourth-order valence-corrected chi connectivity index (χ4v) is 1.40. The van der Waals surface area contributed by atoms with Gasteiger partial charge in [0.2, 0.25) is 0 Å². The highest BCUT2D eigenvalue weighted by Crippen LogP contribution is 2.09. The van der Waals surface area contributed by atoms with E-state index in [0.29, 0.717) is 25.3 Å². The van der Waals surface area contributed by atoms with Crippen molar-refractivity contribution in [1.29, 1.82) is 0 Å². The van der Waals surface area contributed by atoms with Gasteiger partial charge in [-0.15, -0.1) is 0 Å². The molecule has 1 aromatic rings. The molecular weight excluding hydrogens is 222 g/mol. The predicted octanol–water partition coefficient (Wildman–Crippen LogP) is 1.17. The van der Waals surface area contributed by atoms with E-state index in [4.69, 9.17) is 14.3 Å². The van der Waals surface area contributed by atoms with Gasteiger partial charge < -0.3 is 19.6 Å². The number of rotatable bonds is 7. The second-order valence-corrected chi connectivity index (χ2v) is 4.03. The largest absolute Gasteiger partial charge is 0.453 e. The van der Waals surface area contributed by atoms with Crippen LogP contribution in [0.1, 0.15) is 29.7 Å². The topological polar surface area (TPSA) is 71.7 Å². The number of furan rings is 1. The summed E-state index contributed by atoms with van der Waals surface area (Å²) in [7, 11) is 1.57. The van der Waals surface area contributed by atoms with Crippen LogP contribution in [0.3, 0.4) is 0 Å². The fourth-order valence-electron chi connectivity index (χ4n) is 1.40. The summed E-state index contributed by atoms with van der Waals surface area (Å²) in [5.74, 6) is 0.920. The molecule has 17 heavy (non-hydrogen) atoms. The molecule has 5 nitrogen and oxygen atoms in total. The standard InChI is InChI=1S/C12H19NO4/c1-9(5-6-14)7-13-12(15)11-4-3-10(17-11)8-16-2/h3-4,9,14H,5-8H2,1-2H3,(H,13,15). The van der Waals surface area contributed by atoms with Crippen molar-refractivity contribution in [3.05, 3.63) is 23.7 Å². The summed E-state index contributed by atoms with van der Waals surface area (Å²) in [6.07, 6.45) is 0.674. The zero-order chi connectivity index (χ0) is 12.7. The second kappa shape index (κ2) is 7.09. The third-order valence-corrected chi connectivity index (χ3v) is 2.41. The van der Waals surface area contributed by atoms with Crippen molar-refractivity contribution in [1.82, 2.24) is 5.32 Å². The summed E-state index contributed by atoms with van der Waals surface area (Å²) in [5, 5.41) is 11.5. The number of nitrogens with one attached hydrogen (secondary N) is 1. The molecule has 0 bridgehead atoms. The van der Waals surface area contributed by atoms with Crippen molar-refractivity contribution in [3.8, 4) is 0 Å². The van der Waals surface area contributed by atoms with Crippen LogP contribution in [-0.4, -0.2) is 31.3 Å². The molecule has 0 spiro atoms. The van der Waals surface area contributed by atoms with Crippen molar-refractivity contribution in [2.24, 2.45) is 5.92 Å². The van der Waals surface area contributed by atoms with Crippen LogP contribution in [0.5, 0.6) is 0 Å². The minimum atomic E-state index is -0.239. The molecule has 0 aliphatic heterocycles. The monoisotopic (exact) mass is 241 g/mol. The van der Waals surface area contributed by atoms with Gasteiger partial charge in [0.05, 0.1) is 0 Å². The lowest BCUT2D eigenvalue weighted by atomic mass is 10.1. The first-order valence-corrected chi connectivity index (χ1v) is 5.64. The van der Waals surface area contributed by atoms with Crippen LogP contribution in [-0.2, 0) is 11.3 Å². The SMILES string of the molecule is COCc1ccc(C(=O)NCC(C)CCO)o1. The van der Waals surface area contributed by atoms with Gasteiger partial charge in [0, 0.05) is 20.3 Å². The molecule has 0 saturated carbocycles. The third kappa shape index (κ3) is 4.58. The number of carbonyl (C=O) groups excluding carboxylic acids is 1. The van der Waals surface area contributed by atoms with Crippen molar-refractivity contribution in [2.45, 2.75) is 20.0 Å². The first kappa shape index (κ1) is 13.7. The van der Waals surface area contributed by atoms with Crippen LogP contribution >= 0.6 is 0 Å². The average molecular weight is 241 g/mol. The number of ether oxygens (including phenoxy) is 1. The molecule has 0 aliphatic carbocycles. The lowest BCUT2D eigenvalue weighted by Gasteiger charge is -2.09. The lowest BCUT2D eigenvalue weighted by molar-refractivity contribution is 0.0909.